The lowest BCUT2D eigenvalue weighted by Crippen LogP contribution is -2.32. The molecule has 26 heavy (non-hydrogen) atoms. The van der Waals surface area contributed by atoms with Crippen LogP contribution in [0.15, 0.2) is 53.5 Å². The summed E-state index contributed by atoms with van der Waals surface area (Å²) in [7, 11) is 0. The highest BCUT2D eigenvalue weighted by Gasteiger charge is 2.12. The second-order valence-electron chi connectivity index (χ2n) is 4.84. The van der Waals surface area contributed by atoms with Gasteiger partial charge in [0.25, 0.3) is 5.91 Å². The summed E-state index contributed by atoms with van der Waals surface area (Å²) < 4.78 is 4.96. The Balaban J connectivity index is 1.62. The second-order valence-corrected chi connectivity index (χ2v) is 4.84. The molecule has 0 unspecified atom stereocenters. The van der Waals surface area contributed by atoms with Crippen molar-refractivity contribution in [1.82, 2.24) is 25.8 Å². The molecule has 132 valence electrons. The Morgan fingerprint density at radius 1 is 0.923 bits per heavy atom. The Bertz CT molecular complexity index is 899. The van der Waals surface area contributed by atoms with Gasteiger partial charge in [-0.25, -0.2) is 9.97 Å². The highest BCUT2D eigenvalue weighted by Crippen LogP contribution is 2.21. The fourth-order valence-corrected chi connectivity index (χ4v) is 1.86. The van der Waals surface area contributed by atoms with Crippen LogP contribution in [0.4, 0.5) is 17.3 Å². The number of aromatic nitrogens is 3. The summed E-state index contributed by atoms with van der Waals surface area (Å²) in [6, 6.07) is 8.02. The molecule has 3 heterocycles. The van der Waals surface area contributed by atoms with Crippen molar-refractivity contribution in [1.29, 1.82) is 0 Å². The maximum atomic E-state index is 12.0. The first kappa shape index (κ1) is 16.7. The molecule has 3 aromatic heterocycles. The van der Waals surface area contributed by atoms with Crippen LogP contribution < -0.4 is 27.4 Å². The molecule has 0 atom stereocenters. The van der Waals surface area contributed by atoms with Gasteiger partial charge in [0, 0.05) is 6.20 Å². The first-order chi connectivity index (χ1) is 12.6. The average Bonchev–Trinajstić information content (AvgIpc) is 3.21. The van der Waals surface area contributed by atoms with E-state index in [0.717, 1.165) is 0 Å². The topological polar surface area (TPSA) is 160 Å². The minimum absolute atomic E-state index is 0.0774. The van der Waals surface area contributed by atoms with Gasteiger partial charge in [-0.15, -0.1) is 0 Å². The second kappa shape index (κ2) is 7.61. The smallest absolute Gasteiger partial charge is 0.305 e. The van der Waals surface area contributed by atoms with E-state index < -0.39 is 11.8 Å². The minimum atomic E-state index is -0.508. The van der Waals surface area contributed by atoms with Gasteiger partial charge in [0.1, 0.15) is 17.7 Å². The number of hydrogen-bond donors (Lipinski definition) is 5. The molecule has 2 amide bonds. The normalized spacial score (nSPS) is 10.0. The van der Waals surface area contributed by atoms with Gasteiger partial charge < -0.3 is 10.2 Å². The summed E-state index contributed by atoms with van der Waals surface area (Å²) in [4.78, 5) is 35.5. The molecule has 0 aliphatic heterocycles. The number of carbonyl (C=O) groups excluding carboxylic acids is 2. The predicted molar refractivity (Wildman–Crippen MR) is 91.6 cm³/mol. The van der Waals surface area contributed by atoms with Crippen molar-refractivity contribution in [2.24, 2.45) is 0 Å². The molecule has 0 fully saturated rings. The van der Waals surface area contributed by atoms with Crippen LogP contribution in [0.3, 0.4) is 0 Å². The van der Waals surface area contributed by atoms with Crippen LogP contribution in [0.1, 0.15) is 21.0 Å². The number of nitrogens with one attached hydrogen (secondary N) is 4. The summed E-state index contributed by atoms with van der Waals surface area (Å²) in [5.41, 5.74) is 16.2. The summed E-state index contributed by atoms with van der Waals surface area (Å²) in [5, 5.41) is 0. The first-order valence-corrected chi connectivity index (χ1v) is 7.33. The average molecular weight is 354 g/mol. The van der Waals surface area contributed by atoms with E-state index in [4.69, 9.17) is 10.2 Å². The number of nitrogens with two attached hydrogens (primary N) is 1. The number of hydrazine groups is 2. The van der Waals surface area contributed by atoms with Crippen molar-refractivity contribution in [3.05, 3.63) is 60.6 Å². The Morgan fingerprint density at radius 3 is 2.27 bits per heavy atom. The Labute approximate surface area is 147 Å². The highest BCUT2D eigenvalue weighted by atomic mass is 16.3. The van der Waals surface area contributed by atoms with Crippen LogP contribution >= 0.6 is 0 Å². The van der Waals surface area contributed by atoms with Crippen molar-refractivity contribution >= 4 is 29.1 Å². The zero-order valence-corrected chi connectivity index (χ0v) is 13.3. The fourth-order valence-electron chi connectivity index (χ4n) is 1.86. The zero-order valence-electron chi connectivity index (χ0n) is 13.3. The Kier molecular flexibility index (Phi) is 4.89. The number of anilines is 3. The number of carbonyl (C=O) groups is 2. The monoisotopic (exact) mass is 354 g/mol. The van der Waals surface area contributed by atoms with Crippen LogP contribution in [0, 0.1) is 0 Å². The standard InChI is InChI=1S/C15H14N8O3/c16-11-12(20-22-14(24)9-4-1-2-6-17-9)18-8-19-13(11)21-23-15(25)10-5-3-7-26-10/h1-8H,16H2,(H,22,24)(H,23,25)(H2,18,19,20,21). The number of pyridine rings is 1. The predicted octanol–water partition coefficient (Wildman–Crippen LogP) is 0.561. The van der Waals surface area contributed by atoms with Crippen LogP contribution in [0.5, 0.6) is 0 Å². The summed E-state index contributed by atoms with van der Waals surface area (Å²) in [6.07, 6.45) is 4.07. The van der Waals surface area contributed by atoms with Crippen LogP contribution in [0.2, 0.25) is 0 Å². The van der Waals surface area contributed by atoms with Crippen LogP contribution in [-0.2, 0) is 0 Å². The molecule has 11 nitrogen and oxygen atoms in total. The van der Waals surface area contributed by atoms with Crippen molar-refractivity contribution < 1.29 is 14.0 Å². The van der Waals surface area contributed by atoms with Crippen LogP contribution in [0.25, 0.3) is 0 Å². The third-order valence-corrected chi connectivity index (χ3v) is 3.12. The molecule has 0 aliphatic rings. The van der Waals surface area contributed by atoms with Crippen molar-refractivity contribution in [3.8, 4) is 0 Å². The Morgan fingerprint density at radius 2 is 1.65 bits per heavy atom. The van der Waals surface area contributed by atoms with Gasteiger partial charge in [-0.1, -0.05) is 6.07 Å². The van der Waals surface area contributed by atoms with E-state index >= 15 is 0 Å². The number of amides is 2. The van der Waals surface area contributed by atoms with Crippen molar-refractivity contribution in [3.63, 3.8) is 0 Å². The first-order valence-electron chi connectivity index (χ1n) is 7.33. The molecule has 3 aromatic rings. The summed E-state index contributed by atoms with van der Waals surface area (Å²) in [6.45, 7) is 0. The SMILES string of the molecule is Nc1c(NNC(=O)c2ccccn2)ncnc1NNC(=O)c1ccco1. The van der Waals surface area contributed by atoms with E-state index in [0.29, 0.717) is 0 Å². The maximum absolute atomic E-state index is 12.0. The third kappa shape index (κ3) is 3.84. The molecule has 3 rings (SSSR count). The molecule has 0 saturated heterocycles. The number of hydrogen-bond acceptors (Lipinski definition) is 9. The molecule has 0 aliphatic carbocycles. The molecule has 0 bridgehead atoms. The van der Waals surface area contributed by atoms with Gasteiger partial charge in [0.15, 0.2) is 17.4 Å². The quantitative estimate of drug-likeness (QED) is 0.398. The van der Waals surface area contributed by atoms with E-state index in [2.05, 4.69) is 36.7 Å². The molecular formula is C15H14N8O3. The minimum Gasteiger partial charge on any atom is -0.459 e. The molecule has 0 saturated carbocycles. The van der Waals surface area contributed by atoms with Gasteiger partial charge in [0.2, 0.25) is 0 Å². The maximum Gasteiger partial charge on any atom is 0.305 e. The Hall–Kier alpha value is -4.15. The number of nitrogen functional groups attached to an aromatic ring is 1. The lowest BCUT2D eigenvalue weighted by molar-refractivity contribution is 0.0933. The molecule has 0 spiro atoms. The van der Waals surface area contributed by atoms with Gasteiger partial charge in [-0.3, -0.25) is 36.3 Å². The van der Waals surface area contributed by atoms with Gasteiger partial charge in [-0.2, -0.15) is 0 Å². The van der Waals surface area contributed by atoms with E-state index in [1.165, 1.54) is 24.9 Å². The fraction of sp³-hybridized carbons (Fsp3) is 0. The summed E-state index contributed by atoms with van der Waals surface area (Å²) in [5.74, 6) is -0.588. The lowest BCUT2D eigenvalue weighted by atomic mass is 10.3. The van der Waals surface area contributed by atoms with E-state index in [9.17, 15) is 9.59 Å². The van der Waals surface area contributed by atoms with Crippen molar-refractivity contribution in [2.75, 3.05) is 16.6 Å². The van der Waals surface area contributed by atoms with Gasteiger partial charge in [0.05, 0.1) is 6.26 Å². The number of furan rings is 1. The van der Waals surface area contributed by atoms with Crippen molar-refractivity contribution in [2.45, 2.75) is 0 Å². The van der Waals surface area contributed by atoms with E-state index in [1.807, 2.05) is 0 Å². The number of rotatable bonds is 6. The molecule has 11 heteroatoms. The lowest BCUT2D eigenvalue weighted by Gasteiger charge is -2.13. The molecule has 0 aromatic carbocycles. The van der Waals surface area contributed by atoms with Gasteiger partial charge in [-0.05, 0) is 24.3 Å². The van der Waals surface area contributed by atoms with E-state index in [1.54, 1.807) is 24.3 Å². The molecular weight excluding hydrogens is 340 g/mol. The molecule has 6 N–H and O–H groups in total. The zero-order chi connectivity index (χ0) is 18.4. The summed E-state index contributed by atoms with van der Waals surface area (Å²) >= 11 is 0. The van der Waals surface area contributed by atoms with Gasteiger partial charge >= 0.3 is 5.91 Å². The number of nitrogens with zero attached hydrogens (tertiary/aromatic N) is 3. The van der Waals surface area contributed by atoms with Crippen LogP contribution in [-0.4, -0.2) is 26.8 Å². The third-order valence-electron chi connectivity index (χ3n) is 3.12. The van der Waals surface area contributed by atoms with E-state index in [-0.39, 0.29) is 28.8 Å². The molecule has 0 radical (unpaired) electrons. The highest BCUT2D eigenvalue weighted by molar-refractivity contribution is 5.94. The largest absolute Gasteiger partial charge is 0.459 e.